The molecule has 0 aliphatic carbocycles. The fraction of sp³-hybridized carbons (Fsp3) is 0.500. The van der Waals surface area contributed by atoms with Crippen molar-refractivity contribution < 1.29 is 29.0 Å². The van der Waals surface area contributed by atoms with E-state index in [0.717, 1.165) is 0 Å². The zero-order valence-electron chi connectivity index (χ0n) is 4.85. The van der Waals surface area contributed by atoms with E-state index in [1.54, 1.807) is 0 Å². The molecule has 0 aromatic carbocycles. The van der Waals surface area contributed by atoms with Gasteiger partial charge in [-0.15, -0.1) is 24.0 Å². The van der Waals surface area contributed by atoms with E-state index in [2.05, 4.69) is 11.7 Å². The molecule has 4 heteroatoms. The predicted molar refractivity (Wildman–Crippen MR) is 37.4 cm³/mol. The molecule has 0 fully saturated rings. The second kappa shape index (κ2) is 10.7. The van der Waals surface area contributed by atoms with Gasteiger partial charge in [0, 0.05) is 19.5 Å². The number of rotatable bonds is 1. The fourth-order valence-electron chi connectivity index (χ4n) is 0.102. The van der Waals surface area contributed by atoms with Gasteiger partial charge < -0.3 is 11.7 Å². The third-order valence-corrected chi connectivity index (χ3v) is 0.432. The summed E-state index contributed by atoms with van der Waals surface area (Å²) in [5.74, 6) is -0.269. The summed E-state index contributed by atoms with van der Waals surface area (Å²) in [6, 6.07) is 0. The molecule has 0 radical (unpaired) electrons. The molecule has 0 bridgehead atoms. The Morgan fingerprint density at radius 3 is 2.12 bits per heavy atom. The van der Waals surface area contributed by atoms with E-state index in [0.29, 0.717) is 0 Å². The van der Waals surface area contributed by atoms with Crippen molar-refractivity contribution in [3.63, 3.8) is 0 Å². The molecule has 46 valence electrons. The topological polar surface area (TPSA) is 26.3 Å². The number of hydrogen-bond acceptors (Lipinski definition) is 2. The van der Waals surface area contributed by atoms with Crippen LogP contribution in [0.3, 0.4) is 0 Å². The van der Waals surface area contributed by atoms with Crippen molar-refractivity contribution >= 4 is 29.9 Å². The average Bonchev–Trinajstić information content (AvgIpc) is 1.65. The van der Waals surface area contributed by atoms with Crippen LogP contribution in [0.4, 0.5) is 0 Å². The first kappa shape index (κ1) is 15.9. The molecule has 0 heterocycles. The van der Waals surface area contributed by atoms with Gasteiger partial charge >= 0.3 is 0 Å². The van der Waals surface area contributed by atoms with Crippen molar-refractivity contribution in [3.05, 3.63) is 6.92 Å². The van der Waals surface area contributed by atoms with Crippen molar-refractivity contribution in [1.82, 2.24) is 0 Å². The molecule has 0 saturated heterocycles. The van der Waals surface area contributed by atoms with Gasteiger partial charge in [-0.2, -0.15) is 0 Å². The van der Waals surface area contributed by atoms with Crippen molar-refractivity contribution in [1.29, 1.82) is 0 Å². The Hall–Kier alpha value is 0.823. The summed E-state index contributed by atoms with van der Waals surface area (Å²) in [4.78, 5) is 9.90. The predicted octanol–water partition coefficient (Wildman–Crippen LogP) is 0.999. The Kier molecular flexibility index (Phi) is 21.4. The Labute approximate surface area is 79.1 Å². The van der Waals surface area contributed by atoms with E-state index in [1.165, 1.54) is 7.11 Å². The summed E-state index contributed by atoms with van der Waals surface area (Å²) in [6.45, 7) is 3.28. The van der Waals surface area contributed by atoms with Crippen molar-refractivity contribution in [3.8, 4) is 0 Å². The molecule has 0 unspecified atom stereocenters. The van der Waals surface area contributed by atoms with Gasteiger partial charge in [-0.05, 0) is 0 Å². The summed E-state index contributed by atoms with van der Waals surface area (Å²) in [7, 11) is 1.34. The van der Waals surface area contributed by atoms with E-state index in [4.69, 9.17) is 0 Å². The molecule has 0 aromatic heterocycles. The van der Waals surface area contributed by atoms with Gasteiger partial charge in [0.15, 0.2) is 0 Å². The van der Waals surface area contributed by atoms with Crippen molar-refractivity contribution in [2.75, 3.05) is 7.11 Å². The second-order valence-corrected chi connectivity index (χ2v) is 0.826. The summed E-state index contributed by atoms with van der Waals surface area (Å²) >= 11 is 0. The normalized spacial score (nSPS) is 5.75. The van der Waals surface area contributed by atoms with E-state index >= 15 is 0 Å². The molecule has 0 atom stereocenters. The maximum absolute atomic E-state index is 9.90. The van der Waals surface area contributed by atoms with Crippen LogP contribution >= 0.6 is 24.0 Å². The van der Waals surface area contributed by atoms with Crippen LogP contribution in [0.25, 0.3) is 0 Å². The minimum Gasteiger partial charge on any atom is -0.471 e. The minimum absolute atomic E-state index is 0. The van der Waals surface area contributed by atoms with Crippen LogP contribution in [0, 0.1) is 6.92 Å². The van der Waals surface area contributed by atoms with Gasteiger partial charge in [-0.25, -0.2) is 0 Å². The third-order valence-electron chi connectivity index (χ3n) is 0.432. The van der Waals surface area contributed by atoms with Gasteiger partial charge in [-0.1, -0.05) is 6.42 Å². The zero-order chi connectivity index (χ0) is 4.99. The molecular weight excluding hydrogens is 272 g/mol. The number of carbonyl (C=O) groups is 1. The summed E-state index contributed by atoms with van der Waals surface area (Å²) in [6.07, 6.45) is 0.219. The van der Waals surface area contributed by atoms with Crippen LogP contribution in [0.1, 0.15) is 6.42 Å². The molecule has 0 N–H and O–H groups in total. The first-order valence-electron chi connectivity index (χ1n) is 1.67. The molecule has 0 spiro atoms. The van der Waals surface area contributed by atoms with E-state index in [9.17, 15) is 4.79 Å². The average molecular weight is 280 g/mol. The molecule has 8 heavy (non-hydrogen) atoms. The van der Waals surface area contributed by atoms with Gasteiger partial charge in [0.05, 0.1) is 7.11 Å². The maximum Gasteiger partial charge on any atom is 0.275 e. The second-order valence-electron chi connectivity index (χ2n) is 0.826. The molecule has 0 aromatic rings. The first-order valence-corrected chi connectivity index (χ1v) is 1.67. The standard InChI is InChI=1S/C4H7O2.HI.Zn/c1-3-4(5)6-2;;/h1,3H2,2H3;1H;/q-1;;. The number of halogens is 1. The summed E-state index contributed by atoms with van der Waals surface area (Å²) in [5.41, 5.74) is 0. The first-order chi connectivity index (χ1) is 2.81. The van der Waals surface area contributed by atoms with Gasteiger partial charge in [0.2, 0.25) is 0 Å². The Morgan fingerprint density at radius 1 is 1.75 bits per heavy atom. The number of hydrogen-bond donors (Lipinski definition) is 0. The van der Waals surface area contributed by atoms with Crippen LogP contribution in [-0.4, -0.2) is 13.1 Å². The van der Waals surface area contributed by atoms with Gasteiger partial charge in [0.25, 0.3) is 5.97 Å². The summed E-state index contributed by atoms with van der Waals surface area (Å²) < 4.78 is 4.20. The SMILES string of the molecule is I.[CH2-]CC(=O)OC.[Zn]. The number of ether oxygens (including phenoxy) is 1. The van der Waals surface area contributed by atoms with Crippen molar-refractivity contribution in [2.24, 2.45) is 0 Å². The van der Waals surface area contributed by atoms with Crippen LogP contribution in [0.15, 0.2) is 0 Å². The van der Waals surface area contributed by atoms with Crippen LogP contribution < -0.4 is 0 Å². The fourth-order valence-corrected chi connectivity index (χ4v) is 0.102. The molecule has 0 rings (SSSR count). The largest absolute Gasteiger partial charge is 0.471 e. The zero-order valence-corrected chi connectivity index (χ0v) is 10.1. The quantitative estimate of drug-likeness (QED) is 0.310. The molecular formula is C4H8IO2Zn-. The van der Waals surface area contributed by atoms with Crippen LogP contribution in [-0.2, 0) is 29.0 Å². The number of methoxy groups -OCH3 is 1. The smallest absolute Gasteiger partial charge is 0.275 e. The van der Waals surface area contributed by atoms with E-state index < -0.39 is 0 Å². The maximum atomic E-state index is 9.90. The number of esters is 1. The molecule has 0 saturated carbocycles. The van der Waals surface area contributed by atoms with Crippen LogP contribution in [0.2, 0.25) is 0 Å². The Balaban J connectivity index is -0.000000125. The van der Waals surface area contributed by atoms with Crippen molar-refractivity contribution in [2.45, 2.75) is 6.42 Å². The monoisotopic (exact) mass is 279 g/mol. The van der Waals surface area contributed by atoms with E-state index in [-0.39, 0.29) is 55.8 Å². The van der Waals surface area contributed by atoms with Gasteiger partial charge in [0.1, 0.15) is 0 Å². The van der Waals surface area contributed by atoms with E-state index in [1.807, 2.05) is 0 Å². The molecule has 2 nitrogen and oxygen atoms in total. The van der Waals surface area contributed by atoms with Gasteiger partial charge in [-0.3, -0.25) is 4.79 Å². The summed E-state index contributed by atoms with van der Waals surface area (Å²) in [5, 5.41) is 0. The Morgan fingerprint density at radius 2 is 2.12 bits per heavy atom. The molecule has 0 amide bonds. The van der Waals surface area contributed by atoms with Crippen LogP contribution in [0.5, 0.6) is 0 Å². The minimum atomic E-state index is -0.269. The number of carbonyl (C=O) groups excluding carboxylic acids is 1. The Bertz CT molecular complexity index is 52.0. The molecule has 0 aliphatic rings. The third kappa shape index (κ3) is 9.95. The molecule has 0 aliphatic heterocycles.